The van der Waals surface area contributed by atoms with Gasteiger partial charge in [0.2, 0.25) is 5.91 Å². The summed E-state index contributed by atoms with van der Waals surface area (Å²) < 4.78 is 22.3. The Hall–Kier alpha value is -3.19. The third kappa shape index (κ3) is 5.90. The van der Waals surface area contributed by atoms with Gasteiger partial charge in [-0.2, -0.15) is 0 Å². The van der Waals surface area contributed by atoms with Gasteiger partial charge in [0.25, 0.3) is 0 Å². The first-order chi connectivity index (χ1) is 16.9. The lowest BCUT2D eigenvalue weighted by molar-refractivity contribution is -0.127. The molecule has 35 heavy (non-hydrogen) atoms. The fourth-order valence-electron chi connectivity index (χ4n) is 4.25. The zero-order valence-electron chi connectivity index (χ0n) is 20.2. The second-order valence-electron chi connectivity index (χ2n) is 8.86. The molecule has 0 unspecified atom stereocenters. The fraction of sp³-hybridized carbons (Fsp3) is 0.407. The molecule has 0 bridgehead atoms. The molecule has 1 fully saturated rings. The van der Waals surface area contributed by atoms with Crippen molar-refractivity contribution in [3.63, 3.8) is 0 Å². The molecule has 0 spiro atoms. The summed E-state index contributed by atoms with van der Waals surface area (Å²) in [4.78, 5) is 27.5. The third-order valence-corrected chi connectivity index (χ3v) is 6.31. The van der Waals surface area contributed by atoms with E-state index in [4.69, 9.17) is 30.5 Å². The van der Waals surface area contributed by atoms with Crippen LogP contribution in [0.5, 0.6) is 23.0 Å². The summed E-state index contributed by atoms with van der Waals surface area (Å²) in [5.41, 5.74) is 1.36. The number of ketones is 1. The van der Waals surface area contributed by atoms with Crippen LogP contribution in [0.3, 0.4) is 0 Å². The summed E-state index contributed by atoms with van der Waals surface area (Å²) in [5, 5.41) is 0.420. The van der Waals surface area contributed by atoms with E-state index < -0.39 is 0 Å². The van der Waals surface area contributed by atoms with Crippen LogP contribution < -0.4 is 18.9 Å². The number of piperidine rings is 1. The smallest absolute Gasteiger partial charge is 0.246 e. The van der Waals surface area contributed by atoms with Gasteiger partial charge in [-0.05, 0) is 68.7 Å². The van der Waals surface area contributed by atoms with Crippen LogP contribution in [-0.2, 0) is 4.79 Å². The standard InChI is InChI=1S/C27H30ClNO6/c1-17(2)35-27-21(28)14-18(15-24(27)32-3)4-7-25(30)29-10-8-19(9-11-29)26(31)20-5-6-22-23(16-20)34-13-12-33-22/h4-7,14-17,19H,8-13H2,1-3H3/b7-4+. The van der Waals surface area contributed by atoms with Gasteiger partial charge >= 0.3 is 0 Å². The van der Waals surface area contributed by atoms with E-state index in [1.54, 1.807) is 48.4 Å². The second-order valence-corrected chi connectivity index (χ2v) is 9.26. The number of likely N-dealkylation sites (tertiary alicyclic amines) is 1. The van der Waals surface area contributed by atoms with Crippen LogP contribution in [0.2, 0.25) is 5.02 Å². The Morgan fingerprint density at radius 2 is 1.80 bits per heavy atom. The number of ether oxygens (including phenoxy) is 4. The summed E-state index contributed by atoms with van der Waals surface area (Å²) in [6, 6.07) is 8.85. The molecule has 2 aliphatic rings. The number of carbonyl (C=O) groups excluding carboxylic acids is 2. The predicted octanol–water partition coefficient (Wildman–Crippen LogP) is 5.04. The molecule has 0 aliphatic carbocycles. The van der Waals surface area contributed by atoms with Crippen LogP contribution in [0.15, 0.2) is 36.4 Å². The Morgan fingerprint density at radius 3 is 2.49 bits per heavy atom. The minimum atomic E-state index is -0.123. The molecule has 186 valence electrons. The minimum Gasteiger partial charge on any atom is -0.493 e. The van der Waals surface area contributed by atoms with E-state index in [2.05, 4.69) is 0 Å². The molecule has 2 aromatic rings. The highest BCUT2D eigenvalue weighted by Crippen LogP contribution is 2.37. The van der Waals surface area contributed by atoms with Crippen LogP contribution in [-0.4, -0.2) is 56.1 Å². The first-order valence-electron chi connectivity index (χ1n) is 11.8. The number of methoxy groups -OCH3 is 1. The van der Waals surface area contributed by atoms with Gasteiger partial charge in [0.1, 0.15) is 13.2 Å². The highest BCUT2D eigenvalue weighted by atomic mass is 35.5. The fourth-order valence-corrected chi connectivity index (χ4v) is 4.52. The largest absolute Gasteiger partial charge is 0.493 e. The summed E-state index contributed by atoms with van der Waals surface area (Å²) in [6.45, 7) is 5.86. The van der Waals surface area contributed by atoms with Gasteiger partial charge in [0.15, 0.2) is 28.8 Å². The molecular formula is C27H30ClNO6. The Kier molecular flexibility index (Phi) is 7.86. The lowest BCUT2D eigenvalue weighted by atomic mass is 9.88. The lowest BCUT2D eigenvalue weighted by Crippen LogP contribution is -2.39. The number of Topliss-reactive ketones (excluding diaryl/α,β-unsaturated/α-hetero) is 1. The van der Waals surface area contributed by atoms with E-state index in [9.17, 15) is 9.59 Å². The average Bonchev–Trinajstić information content (AvgIpc) is 2.87. The maximum absolute atomic E-state index is 13.0. The topological polar surface area (TPSA) is 74.3 Å². The van der Waals surface area contributed by atoms with Crippen LogP contribution in [0.25, 0.3) is 6.08 Å². The number of benzene rings is 2. The van der Waals surface area contributed by atoms with Crippen molar-refractivity contribution < 1.29 is 28.5 Å². The zero-order valence-corrected chi connectivity index (χ0v) is 21.0. The minimum absolute atomic E-state index is 0.0474. The van der Waals surface area contributed by atoms with Gasteiger partial charge in [-0.1, -0.05) is 11.6 Å². The van der Waals surface area contributed by atoms with Crippen LogP contribution in [0.1, 0.15) is 42.6 Å². The number of hydrogen-bond donors (Lipinski definition) is 0. The van der Waals surface area contributed by atoms with Crippen molar-refractivity contribution in [3.05, 3.63) is 52.6 Å². The summed E-state index contributed by atoms with van der Waals surface area (Å²) in [5.74, 6) is 2.13. The monoisotopic (exact) mass is 499 g/mol. The number of hydrogen-bond acceptors (Lipinski definition) is 6. The molecular weight excluding hydrogens is 470 g/mol. The number of carbonyl (C=O) groups is 2. The second kappa shape index (κ2) is 11.0. The Balaban J connectivity index is 1.35. The van der Waals surface area contributed by atoms with Gasteiger partial charge < -0.3 is 23.8 Å². The number of amides is 1. The molecule has 8 heteroatoms. The van der Waals surface area contributed by atoms with E-state index in [1.165, 1.54) is 6.08 Å². The summed E-state index contributed by atoms with van der Waals surface area (Å²) in [6.07, 6.45) is 4.43. The van der Waals surface area contributed by atoms with E-state index in [1.807, 2.05) is 13.8 Å². The van der Waals surface area contributed by atoms with Gasteiger partial charge in [0.05, 0.1) is 18.2 Å². The van der Waals surface area contributed by atoms with Crippen molar-refractivity contribution in [2.45, 2.75) is 32.8 Å². The Labute approximate surface area is 210 Å². The highest BCUT2D eigenvalue weighted by molar-refractivity contribution is 6.32. The molecule has 0 aromatic heterocycles. The average molecular weight is 500 g/mol. The summed E-state index contributed by atoms with van der Waals surface area (Å²) >= 11 is 6.38. The number of halogens is 1. The molecule has 0 atom stereocenters. The molecule has 1 saturated heterocycles. The molecule has 2 aliphatic heterocycles. The highest BCUT2D eigenvalue weighted by Gasteiger charge is 2.28. The van der Waals surface area contributed by atoms with Crippen molar-refractivity contribution in [1.82, 2.24) is 4.90 Å². The number of fused-ring (bicyclic) bond motifs is 1. The Morgan fingerprint density at radius 1 is 1.09 bits per heavy atom. The first kappa shape index (κ1) is 24.9. The van der Waals surface area contributed by atoms with Crippen molar-refractivity contribution in [2.24, 2.45) is 5.92 Å². The maximum Gasteiger partial charge on any atom is 0.246 e. The van der Waals surface area contributed by atoms with Gasteiger partial charge in [-0.25, -0.2) is 0 Å². The lowest BCUT2D eigenvalue weighted by Gasteiger charge is -2.30. The number of nitrogens with zero attached hydrogens (tertiary/aromatic N) is 1. The molecule has 0 radical (unpaired) electrons. The third-order valence-electron chi connectivity index (χ3n) is 6.03. The normalized spacial score (nSPS) is 16.0. The van der Waals surface area contributed by atoms with Gasteiger partial charge in [-0.3, -0.25) is 9.59 Å². The van der Waals surface area contributed by atoms with Crippen molar-refractivity contribution >= 4 is 29.4 Å². The quantitative estimate of drug-likeness (QED) is 0.392. The van der Waals surface area contributed by atoms with E-state index in [0.717, 1.165) is 5.56 Å². The molecule has 0 N–H and O–H groups in total. The van der Waals surface area contributed by atoms with Gasteiger partial charge in [0, 0.05) is 30.6 Å². The molecule has 1 amide bonds. The van der Waals surface area contributed by atoms with Crippen LogP contribution >= 0.6 is 11.6 Å². The van der Waals surface area contributed by atoms with Crippen molar-refractivity contribution in [3.8, 4) is 23.0 Å². The molecule has 4 rings (SSSR count). The predicted molar refractivity (Wildman–Crippen MR) is 134 cm³/mol. The zero-order chi connectivity index (χ0) is 24.9. The molecule has 7 nitrogen and oxygen atoms in total. The molecule has 0 saturated carbocycles. The first-order valence-corrected chi connectivity index (χ1v) is 12.2. The SMILES string of the molecule is COc1cc(/C=C/C(=O)N2CCC(C(=O)c3ccc4c(c3)OCCO4)CC2)cc(Cl)c1OC(C)C. The van der Waals surface area contributed by atoms with Gasteiger partial charge in [-0.15, -0.1) is 0 Å². The van der Waals surface area contributed by atoms with Crippen LogP contribution in [0.4, 0.5) is 0 Å². The van der Waals surface area contributed by atoms with E-state index in [-0.39, 0.29) is 23.7 Å². The van der Waals surface area contributed by atoms with E-state index in [0.29, 0.717) is 72.7 Å². The Bertz CT molecular complexity index is 1120. The van der Waals surface area contributed by atoms with Crippen molar-refractivity contribution in [2.75, 3.05) is 33.4 Å². The summed E-state index contributed by atoms with van der Waals surface area (Å²) in [7, 11) is 1.55. The van der Waals surface area contributed by atoms with Crippen LogP contribution in [0, 0.1) is 5.92 Å². The number of rotatable bonds is 7. The molecule has 2 heterocycles. The van der Waals surface area contributed by atoms with Crippen molar-refractivity contribution in [1.29, 1.82) is 0 Å². The van der Waals surface area contributed by atoms with E-state index >= 15 is 0 Å². The maximum atomic E-state index is 13.0. The molecule has 2 aromatic carbocycles.